The number of rotatable bonds is 1. The first kappa shape index (κ1) is 9.85. The first-order valence-electron chi connectivity index (χ1n) is 5.35. The maximum Gasteiger partial charge on any atom is 0.118 e. The molecule has 0 N–H and O–H groups in total. The molecule has 3 heteroatoms. The van der Waals surface area contributed by atoms with Gasteiger partial charge in [-0.3, -0.25) is 4.98 Å². The van der Waals surface area contributed by atoms with Gasteiger partial charge in [0, 0.05) is 24.1 Å². The fourth-order valence-corrected chi connectivity index (χ4v) is 3.13. The van der Waals surface area contributed by atoms with Gasteiger partial charge in [0.25, 0.3) is 0 Å². The van der Waals surface area contributed by atoms with Gasteiger partial charge >= 0.3 is 0 Å². The highest BCUT2D eigenvalue weighted by Gasteiger charge is 2.26. The second-order valence-electron chi connectivity index (χ2n) is 4.02. The smallest absolute Gasteiger partial charge is 0.118 e. The van der Waals surface area contributed by atoms with Crippen LogP contribution in [-0.2, 0) is 0 Å². The molecule has 1 atom stereocenters. The van der Waals surface area contributed by atoms with Crippen LogP contribution in [0.5, 0.6) is 0 Å². The van der Waals surface area contributed by atoms with E-state index in [1.165, 1.54) is 11.1 Å². The quantitative estimate of drug-likeness (QED) is 0.750. The van der Waals surface area contributed by atoms with E-state index in [4.69, 9.17) is 0 Å². The van der Waals surface area contributed by atoms with Crippen LogP contribution in [0.3, 0.4) is 0 Å². The molecule has 1 aromatic carbocycles. The van der Waals surface area contributed by atoms with E-state index in [1.807, 2.05) is 0 Å². The monoisotopic (exact) mass is 228 g/mol. The van der Waals surface area contributed by atoms with Crippen LogP contribution in [-0.4, -0.2) is 15.7 Å². The van der Waals surface area contributed by atoms with E-state index in [1.54, 1.807) is 24.2 Å². The third kappa shape index (κ3) is 1.61. The Morgan fingerprint density at radius 3 is 2.69 bits per heavy atom. The van der Waals surface area contributed by atoms with Crippen LogP contribution in [0.15, 0.2) is 41.7 Å². The number of hydrogen-bond donors (Lipinski definition) is 0. The van der Waals surface area contributed by atoms with Crippen molar-refractivity contribution in [2.24, 2.45) is 0 Å². The molecular formula is C13H12N2S. The van der Waals surface area contributed by atoms with Crippen LogP contribution in [0, 0.1) is 6.92 Å². The molecule has 1 unspecified atom stereocenters. The molecule has 0 aliphatic carbocycles. The number of nitrogens with zero attached hydrogens (tertiary/aromatic N) is 2. The van der Waals surface area contributed by atoms with Crippen molar-refractivity contribution >= 4 is 11.8 Å². The maximum atomic E-state index is 4.46. The molecule has 1 aliphatic rings. The van der Waals surface area contributed by atoms with E-state index in [0.717, 1.165) is 16.5 Å². The highest BCUT2D eigenvalue weighted by molar-refractivity contribution is 7.99. The molecule has 0 amide bonds. The van der Waals surface area contributed by atoms with Crippen molar-refractivity contribution in [1.82, 2.24) is 9.97 Å². The Morgan fingerprint density at radius 2 is 1.88 bits per heavy atom. The first-order chi connectivity index (χ1) is 7.84. The third-order valence-electron chi connectivity index (χ3n) is 2.89. The summed E-state index contributed by atoms with van der Waals surface area (Å²) in [5.74, 6) is 1.47. The predicted molar refractivity (Wildman–Crippen MR) is 65.8 cm³/mol. The lowest BCUT2D eigenvalue weighted by molar-refractivity contribution is 0.847. The summed E-state index contributed by atoms with van der Waals surface area (Å²) in [6, 6.07) is 8.72. The van der Waals surface area contributed by atoms with E-state index in [-0.39, 0.29) is 0 Å². The summed E-state index contributed by atoms with van der Waals surface area (Å²) >= 11 is 1.80. The van der Waals surface area contributed by atoms with Crippen molar-refractivity contribution < 1.29 is 0 Å². The highest BCUT2D eigenvalue weighted by atomic mass is 32.2. The highest BCUT2D eigenvalue weighted by Crippen LogP contribution is 2.40. The number of hydrogen-bond acceptors (Lipinski definition) is 3. The van der Waals surface area contributed by atoms with Gasteiger partial charge in [-0.1, -0.05) is 29.8 Å². The molecule has 1 aromatic heterocycles. The molecule has 1 aliphatic heterocycles. The van der Waals surface area contributed by atoms with Crippen molar-refractivity contribution in [2.45, 2.75) is 17.9 Å². The van der Waals surface area contributed by atoms with Gasteiger partial charge in [-0.25, -0.2) is 4.98 Å². The zero-order valence-corrected chi connectivity index (χ0v) is 9.87. The molecule has 2 nitrogen and oxygen atoms in total. The van der Waals surface area contributed by atoms with Crippen LogP contribution >= 0.6 is 11.8 Å². The number of aryl methyl sites for hydroxylation is 1. The molecule has 80 valence electrons. The van der Waals surface area contributed by atoms with Crippen molar-refractivity contribution in [3.8, 4) is 0 Å². The molecule has 2 aromatic rings. The zero-order chi connectivity index (χ0) is 11.0. The fraction of sp³-hybridized carbons (Fsp3) is 0.231. The lowest BCUT2D eigenvalue weighted by atomic mass is 9.97. The van der Waals surface area contributed by atoms with E-state index in [9.17, 15) is 0 Å². The second kappa shape index (κ2) is 3.91. The van der Waals surface area contributed by atoms with E-state index < -0.39 is 0 Å². The Hall–Kier alpha value is -1.35. The summed E-state index contributed by atoms with van der Waals surface area (Å²) < 4.78 is 0. The van der Waals surface area contributed by atoms with Crippen LogP contribution in [0.4, 0.5) is 0 Å². The van der Waals surface area contributed by atoms with Crippen LogP contribution in [0.25, 0.3) is 0 Å². The molecule has 2 heterocycles. The molecule has 0 saturated heterocycles. The van der Waals surface area contributed by atoms with E-state index >= 15 is 0 Å². The topological polar surface area (TPSA) is 25.8 Å². The lowest BCUT2D eigenvalue weighted by Gasteiger charge is -2.09. The standard InChI is InChI=1S/C13H12N2S/c1-9-2-4-10(5-3-9)11-8-16-13-12(11)14-6-7-15-13/h2-7,11H,8H2,1H3. The average molecular weight is 228 g/mol. The van der Waals surface area contributed by atoms with Gasteiger partial charge in [-0.05, 0) is 12.5 Å². The van der Waals surface area contributed by atoms with Gasteiger partial charge in [0.05, 0.1) is 5.69 Å². The molecule has 0 spiro atoms. The summed E-state index contributed by atoms with van der Waals surface area (Å²) in [7, 11) is 0. The lowest BCUT2D eigenvalue weighted by Crippen LogP contribution is -2.01. The van der Waals surface area contributed by atoms with E-state index in [2.05, 4.69) is 41.2 Å². The minimum Gasteiger partial charge on any atom is -0.256 e. The van der Waals surface area contributed by atoms with Gasteiger partial charge in [0.2, 0.25) is 0 Å². The van der Waals surface area contributed by atoms with Crippen molar-refractivity contribution in [3.63, 3.8) is 0 Å². The van der Waals surface area contributed by atoms with Crippen molar-refractivity contribution in [2.75, 3.05) is 5.75 Å². The number of aromatic nitrogens is 2. The number of fused-ring (bicyclic) bond motifs is 1. The second-order valence-corrected chi connectivity index (χ2v) is 5.03. The zero-order valence-electron chi connectivity index (χ0n) is 9.05. The molecule has 0 fully saturated rings. The summed E-state index contributed by atoms with van der Waals surface area (Å²) in [6.45, 7) is 2.11. The first-order valence-corrected chi connectivity index (χ1v) is 6.33. The van der Waals surface area contributed by atoms with E-state index in [0.29, 0.717) is 5.92 Å². The summed E-state index contributed by atoms with van der Waals surface area (Å²) in [5, 5.41) is 1.09. The largest absolute Gasteiger partial charge is 0.256 e. The van der Waals surface area contributed by atoms with Crippen molar-refractivity contribution in [3.05, 3.63) is 53.5 Å². The Morgan fingerprint density at radius 1 is 1.12 bits per heavy atom. The molecule has 0 bridgehead atoms. The summed E-state index contributed by atoms with van der Waals surface area (Å²) in [5.41, 5.74) is 3.78. The van der Waals surface area contributed by atoms with Crippen LogP contribution in [0.1, 0.15) is 22.7 Å². The number of benzene rings is 1. The molecule has 0 saturated carbocycles. The SMILES string of the molecule is Cc1ccc(C2CSc3nccnc32)cc1. The Balaban J connectivity index is 2.01. The normalized spacial score (nSPS) is 18.4. The van der Waals surface area contributed by atoms with Crippen LogP contribution in [0.2, 0.25) is 0 Å². The Labute approximate surface area is 99.1 Å². The van der Waals surface area contributed by atoms with Crippen LogP contribution < -0.4 is 0 Å². The average Bonchev–Trinajstić information content (AvgIpc) is 2.74. The van der Waals surface area contributed by atoms with Gasteiger partial charge in [-0.15, -0.1) is 11.8 Å². The molecule has 3 rings (SSSR count). The Bertz CT molecular complexity index is 508. The van der Waals surface area contributed by atoms with Gasteiger partial charge in [0.1, 0.15) is 5.03 Å². The predicted octanol–water partition coefficient (Wildman–Crippen LogP) is 3.02. The van der Waals surface area contributed by atoms with Crippen molar-refractivity contribution in [1.29, 1.82) is 0 Å². The number of thioether (sulfide) groups is 1. The van der Waals surface area contributed by atoms with Gasteiger partial charge < -0.3 is 0 Å². The maximum absolute atomic E-state index is 4.46. The summed E-state index contributed by atoms with van der Waals surface area (Å²) in [6.07, 6.45) is 3.55. The van der Waals surface area contributed by atoms with Gasteiger partial charge in [-0.2, -0.15) is 0 Å². The molecular weight excluding hydrogens is 216 g/mol. The molecule has 16 heavy (non-hydrogen) atoms. The minimum atomic E-state index is 0.411. The Kier molecular flexibility index (Phi) is 2.40. The fourth-order valence-electron chi connectivity index (χ4n) is 1.98. The third-order valence-corrected chi connectivity index (χ3v) is 3.98. The van der Waals surface area contributed by atoms with Gasteiger partial charge in [0.15, 0.2) is 0 Å². The minimum absolute atomic E-state index is 0.411. The molecule has 0 radical (unpaired) electrons. The summed E-state index contributed by atoms with van der Waals surface area (Å²) in [4.78, 5) is 8.81.